The van der Waals surface area contributed by atoms with E-state index in [1.807, 2.05) is 19.1 Å². The maximum Gasteiger partial charge on any atom is 0.213 e. The maximum atomic E-state index is 5.43. The summed E-state index contributed by atoms with van der Waals surface area (Å²) in [5.74, 6) is 1.93. The van der Waals surface area contributed by atoms with E-state index in [1.165, 1.54) is 4.88 Å². The van der Waals surface area contributed by atoms with Crippen molar-refractivity contribution in [3.63, 3.8) is 0 Å². The molecule has 5 nitrogen and oxygen atoms in total. The SMILES string of the molecule is CCNC(=NCc1ccnc(OCC)c1)NCC(C)c1cccs1. The molecule has 0 saturated carbocycles. The number of aliphatic imine (C=N–C) groups is 1. The fourth-order valence-electron chi connectivity index (χ4n) is 2.21. The standard InChI is InChI=1S/C18H26N4OS/c1-4-19-18(21-12-14(3)16-7-6-10-24-16)22-13-15-8-9-20-17(11-15)23-5-2/h6-11,14H,4-5,12-13H2,1-3H3,(H2,19,21,22). The molecule has 6 heteroatoms. The van der Waals surface area contributed by atoms with Gasteiger partial charge in [0.05, 0.1) is 13.2 Å². The molecule has 1 unspecified atom stereocenters. The Hall–Kier alpha value is -2.08. The smallest absolute Gasteiger partial charge is 0.213 e. The van der Waals surface area contributed by atoms with Crippen LogP contribution in [0.1, 0.15) is 37.1 Å². The molecule has 0 aliphatic heterocycles. The third-order valence-corrected chi connectivity index (χ3v) is 4.56. The second-order valence-corrected chi connectivity index (χ2v) is 6.41. The summed E-state index contributed by atoms with van der Waals surface area (Å²) in [5.41, 5.74) is 1.08. The van der Waals surface area contributed by atoms with Crippen LogP contribution in [0.4, 0.5) is 0 Å². The second kappa shape index (κ2) is 9.93. The highest BCUT2D eigenvalue weighted by atomic mass is 32.1. The largest absolute Gasteiger partial charge is 0.478 e. The molecule has 0 aromatic carbocycles. The first-order valence-electron chi connectivity index (χ1n) is 8.36. The number of nitrogens with zero attached hydrogens (tertiary/aromatic N) is 2. The molecule has 0 bridgehead atoms. The molecule has 0 amide bonds. The zero-order valence-electron chi connectivity index (χ0n) is 14.6. The first-order valence-corrected chi connectivity index (χ1v) is 9.24. The van der Waals surface area contributed by atoms with Crippen LogP contribution in [0.3, 0.4) is 0 Å². The fourth-order valence-corrected chi connectivity index (χ4v) is 3.00. The summed E-state index contributed by atoms with van der Waals surface area (Å²) in [4.78, 5) is 10.2. The van der Waals surface area contributed by atoms with Gasteiger partial charge in [-0.1, -0.05) is 13.0 Å². The van der Waals surface area contributed by atoms with Gasteiger partial charge < -0.3 is 15.4 Å². The van der Waals surface area contributed by atoms with Crippen LogP contribution in [-0.4, -0.2) is 30.6 Å². The second-order valence-electron chi connectivity index (χ2n) is 5.43. The lowest BCUT2D eigenvalue weighted by atomic mass is 10.1. The van der Waals surface area contributed by atoms with Crippen LogP contribution in [0.25, 0.3) is 0 Å². The van der Waals surface area contributed by atoms with Crippen molar-refractivity contribution in [2.45, 2.75) is 33.2 Å². The molecule has 0 saturated heterocycles. The van der Waals surface area contributed by atoms with Crippen LogP contribution in [-0.2, 0) is 6.54 Å². The number of ether oxygens (including phenoxy) is 1. The van der Waals surface area contributed by atoms with Crippen LogP contribution in [0, 0.1) is 0 Å². The summed E-state index contributed by atoms with van der Waals surface area (Å²) in [5, 5.41) is 8.82. The lowest BCUT2D eigenvalue weighted by molar-refractivity contribution is 0.326. The van der Waals surface area contributed by atoms with Crippen molar-refractivity contribution in [1.29, 1.82) is 0 Å². The van der Waals surface area contributed by atoms with E-state index >= 15 is 0 Å². The van der Waals surface area contributed by atoms with Crippen LogP contribution in [0.2, 0.25) is 0 Å². The molecular weight excluding hydrogens is 320 g/mol. The third-order valence-electron chi connectivity index (χ3n) is 3.46. The van der Waals surface area contributed by atoms with Crippen LogP contribution < -0.4 is 15.4 Å². The van der Waals surface area contributed by atoms with Crippen molar-refractivity contribution in [2.75, 3.05) is 19.7 Å². The molecular formula is C18H26N4OS. The average Bonchev–Trinajstić information content (AvgIpc) is 3.12. The van der Waals surface area contributed by atoms with E-state index < -0.39 is 0 Å². The number of hydrogen-bond acceptors (Lipinski definition) is 4. The molecule has 0 fully saturated rings. The molecule has 0 spiro atoms. The summed E-state index contributed by atoms with van der Waals surface area (Å²) < 4.78 is 5.43. The summed E-state index contributed by atoms with van der Waals surface area (Å²) >= 11 is 1.79. The van der Waals surface area contributed by atoms with Gasteiger partial charge in [0.15, 0.2) is 5.96 Å². The summed E-state index contributed by atoms with van der Waals surface area (Å²) in [6.07, 6.45) is 1.76. The van der Waals surface area contributed by atoms with Gasteiger partial charge in [0.25, 0.3) is 0 Å². The maximum absolute atomic E-state index is 5.43. The van der Waals surface area contributed by atoms with Gasteiger partial charge in [-0.15, -0.1) is 11.3 Å². The van der Waals surface area contributed by atoms with Gasteiger partial charge >= 0.3 is 0 Å². The van der Waals surface area contributed by atoms with Gasteiger partial charge in [-0.05, 0) is 36.9 Å². The lowest BCUT2D eigenvalue weighted by Gasteiger charge is -2.15. The third kappa shape index (κ3) is 5.85. The van der Waals surface area contributed by atoms with E-state index in [0.717, 1.165) is 24.6 Å². The van der Waals surface area contributed by atoms with Crippen molar-refractivity contribution in [2.24, 2.45) is 4.99 Å². The minimum absolute atomic E-state index is 0.458. The molecule has 2 heterocycles. The van der Waals surface area contributed by atoms with Gasteiger partial charge in [-0.3, -0.25) is 0 Å². The summed E-state index contributed by atoms with van der Waals surface area (Å²) in [7, 11) is 0. The Kier molecular flexibility index (Phi) is 7.55. The predicted octanol–water partition coefficient (Wildman–Crippen LogP) is 3.40. The average molecular weight is 346 g/mol. The van der Waals surface area contributed by atoms with Crippen LogP contribution >= 0.6 is 11.3 Å². The molecule has 0 radical (unpaired) electrons. The van der Waals surface area contributed by atoms with Crippen molar-refractivity contribution < 1.29 is 4.74 Å². The molecule has 130 valence electrons. The number of guanidine groups is 1. The van der Waals surface area contributed by atoms with Crippen molar-refractivity contribution >= 4 is 17.3 Å². The Balaban J connectivity index is 1.93. The van der Waals surface area contributed by atoms with Gasteiger partial charge in [-0.2, -0.15) is 0 Å². The quantitative estimate of drug-likeness (QED) is 0.568. The van der Waals surface area contributed by atoms with E-state index in [-0.39, 0.29) is 0 Å². The van der Waals surface area contributed by atoms with E-state index in [1.54, 1.807) is 17.5 Å². The summed E-state index contributed by atoms with van der Waals surface area (Å²) in [6, 6.07) is 8.16. The van der Waals surface area contributed by atoms with Crippen molar-refractivity contribution in [1.82, 2.24) is 15.6 Å². The molecule has 2 aromatic heterocycles. The van der Waals surface area contributed by atoms with E-state index in [9.17, 15) is 0 Å². The minimum Gasteiger partial charge on any atom is -0.478 e. The van der Waals surface area contributed by atoms with E-state index in [0.29, 0.717) is 24.9 Å². The van der Waals surface area contributed by atoms with E-state index in [4.69, 9.17) is 4.74 Å². The molecule has 2 N–H and O–H groups in total. The Morgan fingerprint density at radius 2 is 2.21 bits per heavy atom. The number of hydrogen-bond donors (Lipinski definition) is 2. The van der Waals surface area contributed by atoms with Gasteiger partial charge in [0.1, 0.15) is 0 Å². The highest BCUT2D eigenvalue weighted by Gasteiger charge is 2.07. The highest BCUT2D eigenvalue weighted by molar-refractivity contribution is 7.10. The number of nitrogens with one attached hydrogen (secondary N) is 2. The minimum atomic E-state index is 0.458. The number of aromatic nitrogens is 1. The number of pyridine rings is 1. The fraction of sp³-hybridized carbons (Fsp3) is 0.444. The molecule has 2 rings (SSSR count). The highest BCUT2D eigenvalue weighted by Crippen LogP contribution is 2.19. The van der Waals surface area contributed by atoms with Gasteiger partial charge in [0.2, 0.25) is 5.88 Å². The summed E-state index contributed by atoms with van der Waals surface area (Å²) in [6.45, 7) is 9.14. The monoisotopic (exact) mass is 346 g/mol. The van der Waals surface area contributed by atoms with E-state index in [2.05, 4.69) is 52.0 Å². The molecule has 0 aliphatic carbocycles. The topological polar surface area (TPSA) is 58.5 Å². The zero-order chi connectivity index (χ0) is 17.2. The first kappa shape index (κ1) is 18.3. The van der Waals surface area contributed by atoms with Gasteiger partial charge in [0, 0.05) is 36.1 Å². The van der Waals surface area contributed by atoms with Gasteiger partial charge in [-0.25, -0.2) is 9.98 Å². The number of thiophene rings is 1. The Labute approximate surface area is 148 Å². The van der Waals surface area contributed by atoms with Crippen molar-refractivity contribution in [3.05, 3.63) is 46.3 Å². The molecule has 24 heavy (non-hydrogen) atoms. The zero-order valence-corrected chi connectivity index (χ0v) is 15.4. The van der Waals surface area contributed by atoms with Crippen LogP contribution in [0.15, 0.2) is 40.8 Å². The number of rotatable bonds is 8. The molecule has 0 aliphatic rings. The Bertz CT molecular complexity index is 628. The Morgan fingerprint density at radius 3 is 2.92 bits per heavy atom. The molecule has 1 atom stereocenters. The normalized spacial score (nSPS) is 12.7. The van der Waals surface area contributed by atoms with Crippen LogP contribution in [0.5, 0.6) is 5.88 Å². The first-order chi connectivity index (χ1) is 11.7. The Morgan fingerprint density at radius 1 is 1.33 bits per heavy atom. The predicted molar refractivity (Wildman–Crippen MR) is 101 cm³/mol. The molecule has 2 aromatic rings. The van der Waals surface area contributed by atoms with Crippen molar-refractivity contribution in [3.8, 4) is 5.88 Å². The lowest BCUT2D eigenvalue weighted by Crippen LogP contribution is -2.39.